The highest BCUT2D eigenvalue weighted by molar-refractivity contribution is 6.08. The molecule has 1 atom stereocenters. The van der Waals surface area contributed by atoms with Crippen molar-refractivity contribution in [2.45, 2.75) is 25.3 Å². The van der Waals surface area contributed by atoms with Crippen LogP contribution in [0.25, 0.3) is 5.69 Å². The first-order valence-corrected chi connectivity index (χ1v) is 8.40. The SMILES string of the molecule is Cc1ccccc1-n1ncc(C(=O)NC[C@@]2(C3CC3)NC(=O)NC2=O)n1. The Morgan fingerprint density at radius 1 is 1.35 bits per heavy atom. The van der Waals surface area contributed by atoms with Crippen molar-refractivity contribution in [3.63, 3.8) is 0 Å². The molecule has 1 saturated heterocycles. The minimum atomic E-state index is -1.07. The van der Waals surface area contributed by atoms with Gasteiger partial charge in [0.15, 0.2) is 5.69 Å². The third-order valence-corrected chi connectivity index (χ3v) is 4.83. The average Bonchev–Trinajstić information content (AvgIpc) is 3.28. The monoisotopic (exact) mass is 354 g/mol. The second-order valence-corrected chi connectivity index (χ2v) is 6.64. The smallest absolute Gasteiger partial charge is 0.322 e. The summed E-state index contributed by atoms with van der Waals surface area (Å²) in [5, 5.41) is 16.0. The van der Waals surface area contributed by atoms with Crippen LogP contribution < -0.4 is 16.0 Å². The van der Waals surface area contributed by atoms with Crippen LogP contribution in [0.15, 0.2) is 30.5 Å². The molecule has 9 heteroatoms. The summed E-state index contributed by atoms with van der Waals surface area (Å²) in [5.74, 6) is -0.801. The lowest BCUT2D eigenvalue weighted by molar-refractivity contribution is -0.124. The van der Waals surface area contributed by atoms with Crippen LogP contribution in [0.5, 0.6) is 0 Å². The van der Waals surface area contributed by atoms with Crippen LogP contribution in [0.2, 0.25) is 0 Å². The number of rotatable bonds is 5. The third-order valence-electron chi connectivity index (χ3n) is 4.83. The number of urea groups is 1. The van der Waals surface area contributed by atoms with Crippen molar-refractivity contribution < 1.29 is 14.4 Å². The number of amides is 4. The molecule has 1 aromatic heterocycles. The van der Waals surface area contributed by atoms with Crippen molar-refractivity contribution in [1.82, 2.24) is 30.9 Å². The molecule has 2 aromatic rings. The number of carbonyl (C=O) groups excluding carboxylic acids is 3. The number of imide groups is 1. The van der Waals surface area contributed by atoms with Crippen molar-refractivity contribution in [3.05, 3.63) is 41.7 Å². The third kappa shape index (κ3) is 2.71. The summed E-state index contributed by atoms with van der Waals surface area (Å²) in [7, 11) is 0. The van der Waals surface area contributed by atoms with Crippen LogP contribution in [0.1, 0.15) is 28.9 Å². The van der Waals surface area contributed by atoms with E-state index in [9.17, 15) is 14.4 Å². The van der Waals surface area contributed by atoms with Gasteiger partial charge >= 0.3 is 6.03 Å². The van der Waals surface area contributed by atoms with E-state index in [1.54, 1.807) is 0 Å². The maximum atomic E-state index is 12.4. The van der Waals surface area contributed by atoms with Gasteiger partial charge in [-0.2, -0.15) is 9.90 Å². The number of hydrogen-bond acceptors (Lipinski definition) is 5. The van der Waals surface area contributed by atoms with Crippen molar-refractivity contribution in [1.29, 1.82) is 0 Å². The van der Waals surface area contributed by atoms with E-state index < -0.39 is 23.4 Å². The van der Waals surface area contributed by atoms with Crippen molar-refractivity contribution >= 4 is 17.8 Å². The van der Waals surface area contributed by atoms with Crippen LogP contribution in [-0.4, -0.2) is 44.9 Å². The van der Waals surface area contributed by atoms with Crippen molar-refractivity contribution in [2.24, 2.45) is 5.92 Å². The zero-order valence-electron chi connectivity index (χ0n) is 14.2. The Morgan fingerprint density at radius 3 is 2.77 bits per heavy atom. The molecule has 4 amide bonds. The highest BCUT2D eigenvalue weighted by Gasteiger charge is 2.56. The molecule has 4 rings (SSSR count). The molecule has 134 valence electrons. The highest BCUT2D eigenvalue weighted by Crippen LogP contribution is 2.41. The Kier molecular flexibility index (Phi) is 3.71. The summed E-state index contributed by atoms with van der Waals surface area (Å²) in [5.41, 5.74) is 0.833. The topological polar surface area (TPSA) is 118 Å². The summed E-state index contributed by atoms with van der Waals surface area (Å²) in [6, 6.07) is 7.04. The second kappa shape index (κ2) is 5.94. The van der Waals surface area contributed by atoms with Gasteiger partial charge in [-0.25, -0.2) is 4.79 Å². The maximum absolute atomic E-state index is 12.4. The average molecular weight is 354 g/mol. The lowest BCUT2D eigenvalue weighted by Gasteiger charge is -2.25. The molecule has 9 nitrogen and oxygen atoms in total. The number of hydrogen-bond donors (Lipinski definition) is 3. The molecule has 2 heterocycles. The van der Waals surface area contributed by atoms with E-state index in [1.807, 2.05) is 31.2 Å². The number of aryl methyl sites for hydroxylation is 1. The fraction of sp³-hybridized carbons (Fsp3) is 0.353. The van der Waals surface area contributed by atoms with Crippen LogP contribution in [-0.2, 0) is 4.79 Å². The predicted molar refractivity (Wildman–Crippen MR) is 90.6 cm³/mol. The van der Waals surface area contributed by atoms with Crippen LogP contribution in [0.3, 0.4) is 0 Å². The molecule has 1 saturated carbocycles. The lowest BCUT2D eigenvalue weighted by atomic mass is 9.93. The van der Waals surface area contributed by atoms with Crippen molar-refractivity contribution in [2.75, 3.05) is 6.54 Å². The first-order valence-electron chi connectivity index (χ1n) is 8.40. The number of nitrogens with zero attached hydrogens (tertiary/aromatic N) is 3. The van der Waals surface area contributed by atoms with E-state index in [0.717, 1.165) is 24.1 Å². The Hall–Kier alpha value is -3.23. The molecular formula is C17H18N6O3. The number of aromatic nitrogens is 3. The zero-order valence-corrected chi connectivity index (χ0v) is 14.2. The molecule has 3 N–H and O–H groups in total. The van der Waals surface area contributed by atoms with E-state index in [1.165, 1.54) is 11.0 Å². The molecule has 0 unspecified atom stereocenters. The van der Waals surface area contributed by atoms with Gasteiger partial charge in [-0.3, -0.25) is 14.9 Å². The molecule has 1 aliphatic heterocycles. The Morgan fingerprint density at radius 2 is 2.12 bits per heavy atom. The van der Waals surface area contributed by atoms with Gasteiger partial charge in [0.25, 0.3) is 11.8 Å². The normalized spacial score (nSPS) is 22.0. The molecule has 0 bridgehead atoms. The first kappa shape index (κ1) is 16.2. The minimum Gasteiger partial charge on any atom is -0.348 e. The van der Waals surface area contributed by atoms with Gasteiger partial charge in [0.1, 0.15) is 5.54 Å². The minimum absolute atomic E-state index is 0.0191. The van der Waals surface area contributed by atoms with Gasteiger partial charge in [-0.05, 0) is 37.3 Å². The predicted octanol–water partition coefficient (Wildman–Crippen LogP) is 0.294. The Balaban J connectivity index is 1.48. The molecule has 26 heavy (non-hydrogen) atoms. The molecular weight excluding hydrogens is 336 g/mol. The molecule has 1 aromatic carbocycles. The van der Waals surface area contributed by atoms with Gasteiger partial charge in [0.2, 0.25) is 0 Å². The summed E-state index contributed by atoms with van der Waals surface area (Å²) < 4.78 is 0. The van der Waals surface area contributed by atoms with E-state index >= 15 is 0 Å². The fourth-order valence-corrected chi connectivity index (χ4v) is 3.22. The van der Waals surface area contributed by atoms with Gasteiger partial charge in [-0.1, -0.05) is 18.2 Å². The number of carbonyl (C=O) groups is 3. The number of benzene rings is 1. The zero-order chi connectivity index (χ0) is 18.3. The lowest BCUT2D eigenvalue weighted by Crippen LogP contribution is -2.57. The van der Waals surface area contributed by atoms with Crippen molar-refractivity contribution in [3.8, 4) is 5.69 Å². The van der Waals surface area contributed by atoms with Gasteiger partial charge in [0, 0.05) is 0 Å². The van der Waals surface area contributed by atoms with Crippen LogP contribution in [0.4, 0.5) is 4.79 Å². The Bertz CT molecular complexity index is 903. The second-order valence-electron chi connectivity index (χ2n) is 6.64. The molecule has 1 aliphatic carbocycles. The summed E-state index contributed by atoms with van der Waals surface area (Å²) in [4.78, 5) is 37.5. The summed E-state index contributed by atoms with van der Waals surface area (Å²) >= 11 is 0. The van der Waals surface area contributed by atoms with Crippen LogP contribution in [0, 0.1) is 12.8 Å². The standard InChI is InChI=1S/C17H18N6O3/c1-10-4-2-3-5-13(10)23-19-8-12(22-23)14(24)18-9-17(11-6-7-11)15(25)20-16(26)21-17/h2-5,8,11H,6-7,9H2,1H3,(H,18,24)(H2,20,21,25,26)/t17-/m0/s1. The van der Waals surface area contributed by atoms with E-state index in [2.05, 4.69) is 26.1 Å². The van der Waals surface area contributed by atoms with Gasteiger partial charge in [0.05, 0.1) is 18.4 Å². The van der Waals surface area contributed by atoms with Crippen LogP contribution >= 0.6 is 0 Å². The highest BCUT2D eigenvalue weighted by atomic mass is 16.2. The molecule has 0 spiro atoms. The van der Waals surface area contributed by atoms with E-state index in [4.69, 9.17) is 0 Å². The maximum Gasteiger partial charge on any atom is 0.322 e. The van der Waals surface area contributed by atoms with Gasteiger partial charge < -0.3 is 10.6 Å². The summed E-state index contributed by atoms with van der Waals surface area (Å²) in [6.07, 6.45) is 3.05. The summed E-state index contributed by atoms with van der Waals surface area (Å²) in [6.45, 7) is 1.95. The molecule has 0 radical (unpaired) electrons. The fourth-order valence-electron chi connectivity index (χ4n) is 3.22. The molecule has 2 aliphatic rings. The number of nitrogens with one attached hydrogen (secondary N) is 3. The first-order chi connectivity index (χ1) is 12.5. The van der Waals surface area contributed by atoms with E-state index in [0.29, 0.717) is 0 Å². The number of para-hydroxylation sites is 1. The van der Waals surface area contributed by atoms with Gasteiger partial charge in [-0.15, -0.1) is 5.10 Å². The molecule has 2 fully saturated rings. The Labute approximate surface area is 149 Å². The quantitative estimate of drug-likeness (QED) is 0.667. The van der Waals surface area contributed by atoms with E-state index in [-0.39, 0.29) is 18.2 Å². The largest absolute Gasteiger partial charge is 0.348 e.